The van der Waals surface area contributed by atoms with E-state index in [1.807, 2.05) is 66.7 Å². The van der Waals surface area contributed by atoms with Crippen LogP contribution in [0.5, 0.6) is 0 Å². The van der Waals surface area contributed by atoms with Crippen LogP contribution in [0.15, 0.2) is 206 Å². The summed E-state index contributed by atoms with van der Waals surface area (Å²) in [6, 6.07) is 83.4. The fourth-order valence-electron chi connectivity index (χ4n) is 7.50. The summed E-state index contributed by atoms with van der Waals surface area (Å²) in [5, 5.41) is 5.61. The van der Waals surface area contributed by atoms with Crippen molar-refractivity contribution < 1.29 is 20.1 Å². The first-order valence-corrected chi connectivity index (χ1v) is 22.2. The van der Waals surface area contributed by atoms with Crippen molar-refractivity contribution in [2.24, 2.45) is 0 Å². The van der Waals surface area contributed by atoms with Gasteiger partial charge in [-0.15, -0.1) is 82.9 Å². The van der Waals surface area contributed by atoms with E-state index >= 15 is 0 Å². The summed E-state index contributed by atoms with van der Waals surface area (Å²) in [7, 11) is -2.27. The third-order valence-electron chi connectivity index (χ3n) is 10.4. The Bertz CT molecular complexity index is 2160. The number of aromatic nitrogens is 1. The third kappa shape index (κ3) is 10.0. The average molecular weight is 953 g/mol. The molecule has 8 aromatic rings. The molecule has 0 fully saturated rings. The fraction of sp³-hybridized carbons (Fsp3) is 0.113. The summed E-state index contributed by atoms with van der Waals surface area (Å²) in [4.78, 5) is 4.65. The van der Waals surface area contributed by atoms with Crippen molar-refractivity contribution in [1.29, 1.82) is 0 Å². The Labute approximate surface area is 356 Å². The van der Waals surface area contributed by atoms with Crippen LogP contribution in [0.25, 0.3) is 22.5 Å². The van der Waals surface area contributed by atoms with Gasteiger partial charge in [-0.2, -0.15) is 24.3 Å². The molecule has 4 heteroatoms. The molecule has 0 amide bonds. The number of hydrogen-bond donors (Lipinski definition) is 0. The molecule has 0 aliphatic heterocycles. The Hall–Kier alpha value is -4.80. The smallest absolute Gasteiger partial charge is 0.345 e. The van der Waals surface area contributed by atoms with Crippen LogP contribution in [0.4, 0.5) is 0 Å². The SMILES string of the molecule is CC(C)(c1[c-]c(C(C)(C)[PH+](c2ccccc2)c2ccccc2)ccc1)[PH+](c1ccccc1)c1ccccc1.[Ir+3].[c-]1ccccc1-c1cccc(-c2[c-]cccc2)n1. The monoisotopic (exact) mass is 953 g/mol. The van der Waals surface area contributed by atoms with Crippen LogP contribution in [0.1, 0.15) is 38.8 Å². The van der Waals surface area contributed by atoms with Crippen LogP contribution in [0, 0.1) is 18.2 Å². The molecule has 0 bridgehead atoms. The molecule has 0 spiro atoms. The molecular formula is C53H48IrNP2+2. The van der Waals surface area contributed by atoms with E-state index in [-0.39, 0.29) is 30.4 Å². The summed E-state index contributed by atoms with van der Waals surface area (Å²) in [5.41, 5.74) is 6.49. The fourth-order valence-corrected chi connectivity index (χ4v) is 14.0. The van der Waals surface area contributed by atoms with Gasteiger partial charge in [0.25, 0.3) is 0 Å². The summed E-state index contributed by atoms with van der Waals surface area (Å²) >= 11 is 0. The molecule has 0 aliphatic rings. The summed E-state index contributed by atoms with van der Waals surface area (Å²) in [6.07, 6.45) is 0. The van der Waals surface area contributed by atoms with Gasteiger partial charge in [0.2, 0.25) is 0 Å². The van der Waals surface area contributed by atoms with Crippen molar-refractivity contribution in [2.75, 3.05) is 0 Å². The topological polar surface area (TPSA) is 12.9 Å². The average Bonchev–Trinajstić information content (AvgIpc) is 3.26. The molecule has 0 saturated heterocycles. The number of pyridine rings is 1. The minimum atomic E-state index is -1.14. The maximum absolute atomic E-state index is 4.65. The van der Waals surface area contributed by atoms with Gasteiger partial charge in [-0.05, 0) is 87.6 Å². The van der Waals surface area contributed by atoms with Gasteiger partial charge in [-0.3, -0.25) is 0 Å². The van der Waals surface area contributed by atoms with E-state index in [1.165, 1.54) is 32.3 Å². The molecule has 1 heterocycles. The maximum atomic E-state index is 4.65. The minimum absolute atomic E-state index is 0. The van der Waals surface area contributed by atoms with Gasteiger partial charge >= 0.3 is 20.1 Å². The summed E-state index contributed by atoms with van der Waals surface area (Å²) in [6.45, 7) is 9.68. The largest absolute Gasteiger partial charge is 3.00 e. The van der Waals surface area contributed by atoms with Crippen LogP contribution in [0.3, 0.4) is 0 Å². The van der Waals surface area contributed by atoms with Gasteiger partial charge in [0.1, 0.15) is 0 Å². The Balaban J connectivity index is 0.000000241. The maximum Gasteiger partial charge on any atom is 3.00 e. The van der Waals surface area contributed by atoms with Crippen LogP contribution in [-0.4, -0.2) is 4.98 Å². The van der Waals surface area contributed by atoms with Crippen molar-refractivity contribution in [3.05, 3.63) is 236 Å². The second kappa shape index (κ2) is 19.6. The predicted octanol–water partition coefficient (Wildman–Crippen LogP) is 11.7. The number of rotatable bonds is 10. The van der Waals surface area contributed by atoms with Gasteiger partial charge in [0, 0.05) is 0 Å². The molecule has 0 saturated carbocycles. The van der Waals surface area contributed by atoms with E-state index in [9.17, 15) is 0 Å². The van der Waals surface area contributed by atoms with Crippen molar-refractivity contribution >= 4 is 37.1 Å². The first-order valence-electron chi connectivity index (χ1n) is 19.2. The van der Waals surface area contributed by atoms with Gasteiger partial charge in [0.15, 0.2) is 0 Å². The van der Waals surface area contributed by atoms with Crippen molar-refractivity contribution in [3.8, 4) is 22.5 Å². The van der Waals surface area contributed by atoms with Crippen LogP contribution in [0.2, 0.25) is 0 Å². The van der Waals surface area contributed by atoms with Crippen LogP contribution < -0.4 is 21.2 Å². The quantitative estimate of drug-likeness (QED) is 0.0983. The Morgan fingerprint density at radius 2 is 0.684 bits per heavy atom. The zero-order valence-corrected chi connectivity index (χ0v) is 37.3. The Kier molecular flexibility index (Phi) is 14.4. The molecule has 0 N–H and O–H groups in total. The summed E-state index contributed by atoms with van der Waals surface area (Å²) < 4.78 is 0. The molecule has 0 aliphatic carbocycles. The molecular weight excluding hydrogens is 905 g/mol. The molecule has 0 atom stereocenters. The zero-order valence-electron chi connectivity index (χ0n) is 32.9. The molecule has 1 aromatic heterocycles. The Morgan fingerprint density at radius 1 is 0.368 bits per heavy atom. The molecule has 282 valence electrons. The standard InChI is InChI=1S/C36H35P2.C17H11N.Ir/c1-35(2,37(31-20-9-5-10-21-31)32-22-11-6-12-23-32)29-18-17-19-30(28-29)36(3,4)38(33-24-13-7-14-25-33)34-26-15-8-16-27-34;1-3-8-14(9-4-1)16-12-7-13-17(18-16)15-10-5-2-6-11-15;/h5-27H,1-4H3;1-8,10,12-13H;/q-1;-2;+3/p+2. The molecule has 8 rings (SSSR count). The normalized spacial score (nSPS) is 11.3. The van der Waals surface area contributed by atoms with E-state index in [1.54, 1.807) is 0 Å². The Morgan fingerprint density at radius 3 is 1.00 bits per heavy atom. The second-order valence-electron chi connectivity index (χ2n) is 14.9. The van der Waals surface area contributed by atoms with E-state index in [0.29, 0.717) is 0 Å². The molecule has 57 heavy (non-hydrogen) atoms. The van der Waals surface area contributed by atoms with Crippen molar-refractivity contribution in [3.63, 3.8) is 0 Å². The second-order valence-corrected chi connectivity index (χ2v) is 21.2. The molecule has 0 radical (unpaired) electrons. The molecule has 7 aromatic carbocycles. The number of benzene rings is 7. The third-order valence-corrected chi connectivity index (χ3v) is 17.0. The van der Waals surface area contributed by atoms with E-state index in [2.05, 4.69) is 190 Å². The first kappa shape index (κ1) is 41.8. The first-order chi connectivity index (χ1) is 27.3. The number of hydrogen-bond acceptors (Lipinski definition) is 1. The van der Waals surface area contributed by atoms with Crippen molar-refractivity contribution in [2.45, 2.75) is 38.0 Å². The van der Waals surface area contributed by atoms with E-state index in [0.717, 1.165) is 22.5 Å². The van der Waals surface area contributed by atoms with Gasteiger partial charge in [-0.1, -0.05) is 91.0 Å². The van der Waals surface area contributed by atoms with Crippen LogP contribution >= 0.6 is 15.8 Å². The van der Waals surface area contributed by atoms with E-state index < -0.39 is 15.8 Å². The zero-order chi connectivity index (χ0) is 38.8. The predicted molar refractivity (Wildman–Crippen MR) is 245 cm³/mol. The molecule has 0 unspecified atom stereocenters. The van der Waals surface area contributed by atoms with E-state index in [4.69, 9.17) is 0 Å². The van der Waals surface area contributed by atoms with Crippen molar-refractivity contribution in [1.82, 2.24) is 4.98 Å². The number of nitrogens with zero attached hydrogens (tertiary/aromatic N) is 1. The van der Waals surface area contributed by atoms with Gasteiger partial charge in [0.05, 0.1) is 47.4 Å². The van der Waals surface area contributed by atoms with Gasteiger partial charge < -0.3 is 4.98 Å². The van der Waals surface area contributed by atoms with Gasteiger partial charge in [-0.25, -0.2) is 0 Å². The minimum Gasteiger partial charge on any atom is -0.345 e. The van der Waals surface area contributed by atoms with Crippen LogP contribution in [-0.2, 0) is 30.4 Å². The summed E-state index contributed by atoms with van der Waals surface area (Å²) in [5.74, 6) is 0. The molecule has 1 nitrogen and oxygen atoms in total.